The summed E-state index contributed by atoms with van der Waals surface area (Å²) in [5, 5.41) is 5.65. The molecular weight excluding hydrogens is 285 g/mol. The number of carboxylic acids is 1. The van der Waals surface area contributed by atoms with Gasteiger partial charge in [0.2, 0.25) is 0 Å². The Morgan fingerprint density at radius 1 is 1.21 bits per heavy atom. The highest BCUT2D eigenvalue weighted by atomic mass is 35.5. The largest absolute Gasteiger partial charge is 0.481 e. The summed E-state index contributed by atoms with van der Waals surface area (Å²) in [6.45, 7) is 0. The van der Waals surface area contributed by atoms with Crippen LogP contribution in [0.15, 0.2) is 42.5 Å². The molecule has 0 unspecified atom stereocenters. The number of anilines is 2. The molecule has 0 fully saturated rings. The number of nitrogens with one attached hydrogen (secondary N) is 1. The molecule has 0 aliphatic heterocycles. The quantitative estimate of drug-likeness (QED) is 0.881. The Kier molecular flexibility index (Phi) is 3.49. The Hall–Kier alpha value is -1.71. The number of aliphatic carboxylic acids is 1. The minimum Gasteiger partial charge on any atom is -0.481 e. The van der Waals surface area contributed by atoms with Gasteiger partial charge in [0, 0.05) is 5.69 Å². The molecule has 0 amide bonds. The van der Waals surface area contributed by atoms with Crippen LogP contribution in [0.3, 0.4) is 0 Å². The van der Waals surface area contributed by atoms with Crippen LogP contribution in [0.25, 0.3) is 1.43 Å². The second-order valence-electron chi connectivity index (χ2n) is 3.86. The number of hydrogen-bond acceptors (Lipinski definition) is 3. The number of halogens is 2. The Labute approximate surface area is 123 Å². The second-order valence-corrected chi connectivity index (χ2v) is 4.67. The third-order valence-electron chi connectivity index (χ3n) is 2.50. The number of hydrogen-bond donors (Lipinski definition) is 2. The van der Waals surface area contributed by atoms with Crippen molar-refractivity contribution in [3.05, 3.63) is 58.1 Å². The van der Waals surface area contributed by atoms with Crippen LogP contribution in [0.2, 0.25) is 11.5 Å². The standard InChI is InChI=1S/C14H11Cl2NO2/c15-10-5-3-6-11(16)14(10)17-12-7-2-1-4-9(12)8-13(18)19/h1-7,17H,8H2,(H,18,19)/i/hD2. The lowest BCUT2D eigenvalue weighted by Crippen LogP contribution is -2.04. The lowest BCUT2D eigenvalue weighted by molar-refractivity contribution is -0.136. The Balaban J connectivity index is 2.44. The molecule has 0 aromatic heterocycles. The van der Waals surface area contributed by atoms with Crippen LogP contribution < -0.4 is 5.31 Å². The molecule has 2 N–H and O–H groups in total. The topological polar surface area (TPSA) is 49.3 Å². The third-order valence-corrected chi connectivity index (χ3v) is 3.11. The van der Waals surface area contributed by atoms with E-state index in [0.29, 0.717) is 27.0 Å². The number of para-hydroxylation sites is 2. The van der Waals surface area contributed by atoms with Gasteiger partial charge in [-0.25, -0.2) is 0 Å². The predicted octanol–water partition coefficient (Wildman–Crippen LogP) is 4.36. The van der Waals surface area contributed by atoms with Crippen LogP contribution in [-0.4, -0.2) is 11.1 Å². The van der Waals surface area contributed by atoms with Gasteiger partial charge in [0.25, 0.3) is 1.43 Å². The van der Waals surface area contributed by atoms with Gasteiger partial charge in [0.15, 0.2) is 1.41 Å². The van der Waals surface area contributed by atoms with Gasteiger partial charge in [-0.3, -0.25) is 4.79 Å². The van der Waals surface area contributed by atoms with Crippen molar-refractivity contribution in [3.8, 4) is 0 Å². The fourth-order valence-electron chi connectivity index (χ4n) is 1.64. The van der Waals surface area contributed by atoms with E-state index in [0.717, 1.165) is 5.31 Å². The molecule has 2 rings (SSSR count). The molecule has 19 heavy (non-hydrogen) atoms. The van der Waals surface area contributed by atoms with E-state index in [2.05, 4.69) is 5.11 Å². The van der Waals surface area contributed by atoms with Crippen molar-refractivity contribution >= 4 is 40.5 Å². The van der Waals surface area contributed by atoms with E-state index < -0.39 is 5.97 Å². The fraction of sp³-hybridized carbons (Fsp3) is 0.0714. The predicted molar refractivity (Wildman–Crippen MR) is 77.5 cm³/mol. The fourth-order valence-corrected chi connectivity index (χ4v) is 2.12. The van der Waals surface area contributed by atoms with E-state index in [1.54, 1.807) is 42.5 Å². The van der Waals surface area contributed by atoms with Crippen molar-refractivity contribution in [1.82, 2.24) is 0 Å². The van der Waals surface area contributed by atoms with E-state index >= 15 is 0 Å². The first-order chi connectivity index (χ1) is 10.0. The highest BCUT2D eigenvalue weighted by Gasteiger charge is 2.10. The second kappa shape index (κ2) is 5.95. The zero-order valence-electron chi connectivity index (χ0n) is 11.8. The van der Waals surface area contributed by atoms with Crippen molar-refractivity contribution in [1.29, 1.82) is 1.43 Å². The van der Waals surface area contributed by atoms with Gasteiger partial charge in [-0.1, -0.05) is 47.5 Å². The molecular formula is C14H11Cl2NO2. The maximum absolute atomic E-state index is 11.3. The first kappa shape index (κ1) is 11.1. The molecule has 0 saturated heterocycles. The number of carbonyl (C=O) groups is 1. The molecule has 0 saturated carbocycles. The summed E-state index contributed by atoms with van der Waals surface area (Å²) in [5.74, 6) is -0.707. The summed E-state index contributed by atoms with van der Waals surface area (Å²) in [7, 11) is 0. The number of rotatable bonds is 4. The third kappa shape index (κ3) is 3.40. The molecule has 3 nitrogen and oxygen atoms in total. The molecule has 0 radical (unpaired) electrons. The maximum Gasteiger partial charge on any atom is 0.307 e. The van der Waals surface area contributed by atoms with Crippen molar-refractivity contribution in [2.75, 3.05) is 5.31 Å². The Morgan fingerprint density at radius 3 is 2.58 bits per heavy atom. The monoisotopic (exact) mass is 297 g/mol. The maximum atomic E-state index is 11.3. The molecule has 2 aromatic carbocycles. The van der Waals surface area contributed by atoms with Crippen LogP contribution >= 0.6 is 23.2 Å². The summed E-state index contributed by atoms with van der Waals surface area (Å²) in [6.07, 6.45) is -0.114. The van der Waals surface area contributed by atoms with Gasteiger partial charge in [0.1, 0.15) is 0 Å². The van der Waals surface area contributed by atoms with E-state index in [9.17, 15) is 4.79 Å². The van der Waals surface area contributed by atoms with Crippen LogP contribution in [0, 0.1) is 0 Å². The highest BCUT2D eigenvalue weighted by molar-refractivity contribution is 6.39. The van der Waals surface area contributed by atoms with Crippen LogP contribution in [0.4, 0.5) is 11.4 Å². The van der Waals surface area contributed by atoms with Gasteiger partial charge in [0.05, 0.1) is 22.2 Å². The summed E-state index contributed by atoms with van der Waals surface area (Å²) in [4.78, 5) is 11.3. The van der Waals surface area contributed by atoms with Crippen LogP contribution in [0.5, 0.6) is 0 Å². The zero-order chi connectivity index (χ0) is 15.4. The van der Waals surface area contributed by atoms with Crippen molar-refractivity contribution in [2.45, 2.75) is 6.42 Å². The molecule has 0 bridgehead atoms. The SMILES string of the molecule is [2H]OC(=O)Cc1ccccc1N([2H])c1c(Cl)cccc1Cl. The molecule has 0 spiro atoms. The first-order valence-electron chi connectivity index (χ1n) is 6.37. The first-order valence-corrected chi connectivity index (χ1v) is 6.27. The smallest absolute Gasteiger partial charge is 0.307 e. The number of carboxylic acid groups (broad SMARTS) is 1. The molecule has 98 valence electrons. The van der Waals surface area contributed by atoms with Gasteiger partial charge < -0.3 is 10.4 Å². The summed E-state index contributed by atoms with van der Waals surface area (Å²) in [5.41, 5.74) is 1.31. The molecule has 5 heteroatoms. The Bertz CT molecular complexity index is 647. The van der Waals surface area contributed by atoms with E-state index in [4.69, 9.17) is 26.0 Å². The average molecular weight is 298 g/mol. The summed E-state index contributed by atoms with van der Waals surface area (Å²) < 4.78 is 14.9. The Morgan fingerprint density at radius 2 is 1.89 bits per heavy atom. The normalized spacial score (nSPS) is 11.5. The van der Waals surface area contributed by atoms with Gasteiger partial charge in [-0.2, -0.15) is 0 Å². The molecule has 0 aliphatic rings. The lowest BCUT2D eigenvalue weighted by Gasteiger charge is -2.13. The van der Waals surface area contributed by atoms with E-state index in [1.165, 1.54) is 0 Å². The average Bonchev–Trinajstić information content (AvgIpc) is 2.47. The molecule has 0 heterocycles. The molecule has 0 aliphatic carbocycles. The van der Waals surface area contributed by atoms with E-state index in [-0.39, 0.29) is 6.42 Å². The summed E-state index contributed by atoms with van der Waals surface area (Å²) in [6, 6.07) is 11.8. The summed E-state index contributed by atoms with van der Waals surface area (Å²) >= 11 is 12.2. The van der Waals surface area contributed by atoms with Crippen LogP contribution in [-0.2, 0) is 11.2 Å². The zero-order valence-corrected chi connectivity index (χ0v) is 11.3. The van der Waals surface area contributed by atoms with Crippen LogP contribution in [0.1, 0.15) is 5.56 Å². The van der Waals surface area contributed by atoms with Crippen molar-refractivity contribution in [3.63, 3.8) is 0 Å². The minimum absolute atomic E-state index is 0.114. The highest BCUT2D eigenvalue weighted by Crippen LogP contribution is 2.33. The van der Waals surface area contributed by atoms with Gasteiger partial charge in [-0.15, -0.1) is 0 Å². The van der Waals surface area contributed by atoms with Crippen molar-refractivity contribution in [2.24, 2.45) is 0 Å². The molecule has 2 aromatic rings. The lowest BCUT2D eigenvalue weighted by atomic mass is 10.1. The van der Waals surface area contributed by atoms with E-state index in [1.807, 2.05) is 0 Å². The van der Waals surface area contributed by atoms with Gasteiger partial charge in [-0.05, 0) is 23.8 Å². The van der Waals surface area contributed by atoms with Gasteiger partial charge >= 0.3 is 5.97 Å². The molecule has 0 atom stereocenters. The minimum atomic E-state index is -0.707. The number of benzene rings is 2. The van der Waals surface area contributed by atoms with Crippen molar-refractivity contribution < 1.29 is 11.3 Å².